The second kappa shape index (κ2) is 8.90. The molecule has 172 valence electrons. The average molecular weight is 448 g/mol. The largest absolute Gasteiger partial charge is 0.494 e. The van der Waals surface area contributed by atoms with Crippen molar-refractivity contribution in [1.82, 2.24) is 14.8 Å². The summed E-state index contributed by atoms with van der Waals surface area (Å²) >= 11 is 0. The number of aromatic nitrogens is 1. The number of piperazine rings is 1. The fourth-order valence-corrected chi connectivity index (χ4v) is 5.23. The molecule has 0 saturated carbocycles. The van der Waals surface area contributed by atoms with Crippen molar-refractivity contribution in [3.63, 3.8) is 0 Å². The Hall–Kier alpha value is -3.32. The van der Waals surface area contributed by atoms with Crippen LogP contribution in [0, 0.1) is 0 Å². The number of nitrogens with zero attached hydrogens (tertiary/aromatic N) is 2. The van der Waals surface area contributed by atoms with Crippen LogP contribution in [0.5, 0.6) is 5.75 Å². The van der Waals surface area contributed by atoms with E-state index in [0.29, 0.717) is 32.6 Å². The number of aromatic amines is 1. The number of hydrogen-bond acceptors (Lipinski definition) is 4. The van der Waals surface area contributed by atoms with E-state index < -0.39 is 12.1 Å². The van der Waals surface area contributed by atoms with Crippen molar-refractivity contribution in [2.75, 3.05) is 33.4 Å². The molecule has 3 heterocycles. The third kappa shape index (κ3) is 3.66. The fourth-order valence-electron chi connectivity index (χ4n) is 5.23. The first-order chi connectivity index (χ1) is 16.1. The molecule has 1 aromatic heterocycles. The van der Waals surface area contributed by atoms with E-state index in [1.807, 2.05) is 49.4 Å². The maximum absolute atomic E-state index is 13.6. The van der Waals surface area contributed by atoms with Crippen LogP contribution in [-0.4, -0.2) is 66.1 Å². The van der Waals surface area contributed by atoms with Gasteiger partial charge in [-0.3, -0.25) is 9.59 Å². The summed E-state index contributed by atoms with van der Waals surface area (Å²) in [6.07, 6.45) is 1.20. The van der Waals surface area contributed by atoms with Crippen LogP contribution in [-0.2, 0) is 20.7 Å². The second-order valence-corrected chi connectivity index (χ2v) is 8.56. The maximum atomic E-state index is 13.6. The number of hydrogen-bond donors (Lipinski definition) is 1. The quantitative estimate of drug-likeness (QED) is 0.564. The van der Waals surface area contributed by atoms with Crippen molar-refractivity contribution in [1.29, 1.82) is 0 Å². The number of fused-ring (bicyclic) bond motifs is 4. The molecule has 2 aliphatic heterocycles. The standard InChI is InChI=1S/C26H29N3O4/c1-3-33-22-12-7-5-10-18(22)25-24-19(17-9-4-6-11-20(17)27-24)15-21-26(31)28(13-8-14-32-2)16-23(30)29(21)25/h4-7,9-12,21,25,27H,3,8,13-16H2,1-2H3/t21-,25+/m0/s1. The molecule has 7 heteroatoms. The Labute approximate surface area is 193 Å². The predicted octanol–water partition coefficient (Wildman–Crippen LogP) is 3.29. The number of H-pyrrole nitrogens is 1. The van der Waals surface area contributed by atoms with Crippen LogP contribution in [0.4, 0.5) is 0 Å². The van der Waals surface area contributed by atoms with Crippen LogP contribution in [0.3, 0.4) is 0 Å². The molecule has 1 saturated heterocycles. The summed E-state index contributed by atoms with van der Waals surface area (Å²) in [7, 11) is 1.64. The Balaban J connectivity index is 1.64. The number of ether oxygens (including phenoxy) is 2. The smallest absolute Gasteiger partial charge is 0.246 e. The van der Waals surface area contributed by atoms with E-state index in [-0.39, 0.29) is 18.4 Å². The van der Waals surface area contributed by atoms with Crippen LogP contribution < -0.4 is 4.74 Å². The Morgan fingerprint density at radius 2 is 1.88 bits per heavy atom. The molecule has 0 unspecified atom stereocenters. The summed E-state index contributed by atoms with van der Waals surface area (Å²) in [5, 5.41) is 1.10. The van der Waals surface area contributed by atoms with Crippen molar-refractivity contribution >= 4 is 22.7 Å². The van der Waals surface area contributed by atoms with Gasteiger partial charge >= 0.3 is 0 Å². The van der Waals surface area contributed by atoms with Gasteiger partial charge in [0.2, 0.25) is 11.8 Å². The molecule has 2 aromatic carbocycles. The number of methoxy groups -OCH3 is 1. The minimum absolute atomic E-state index is 0.000486. The molecule has 1 N–H and O–H groups in total. The highest BCUT2D eigenvalue weighted by Crippen LogP contribution is 2.44. The molecule has 0 bridgehead atoms. The lowest BCUT2D eigenvalue weighted by molar-refractivity contribution is -0.158. The Morgan fingerprint density at radius 3 is 2.70 bits per heavy atom. The summed E-state index contributed by atoms with van der Waals surface area (Å²) in [5.41, 5.74) is 3.97. The van der Waals surface area contributed by atoms with Crippen molar-refractivity contribution in [2.24, 2.45) is 0 Å². The van der Waals surface area contributed by atoms with Gasteiger partial charge < -0.3 is 24.3 Å². The first-order valence-electron chi connectivity index (χ1n) is 11.5. The molecule has 2 amide bonds. The van der Waals surface area contributed by atoms with Gasteiger partial charge in [-0.05, 0) is 31.0 Å². The average Bonchev–Trinajstić information content (AvgIpc) is 3.20. The lowest BCUT2D eigenvalue weighted by atomic mass is 9.86. The Morgan fingerprint density at radius 1 is 1.09 bits per heavy atom. The van der Waals surface area contributed by atoms with Gasteiger partial charge in [-0.2, -0.15) is 0 Å². The molecule has 33 heavy (non-hydrogen) atoms. The number of para-hydroxylation sites is 2. The summed E-state index contributed by atoms with van der Waals surface area (Å²) in [6, 6.07) is 15.0. The summed E-state index contributed by atoms with van der Waals surface area (Å²) < 4.78 is 11.1. The van der Waals surface area contributed by atoms with E-state index >= 15 is 0 Å². The van der Waals surface area contributed by atoms with E-state index in [1.165, 1.54) is 0 Å². The first kappa shape index (κ1) is 21.5. The zero-order valence-electron chi connectivity index (χ0n) is 19.0. The molecular weight excluding hydrogens is 418 g/mol. The highest BCUT2D eigenvalue weighted by Gasteiger charge is 2.48. The molecule has 7 nitrogen and oxygen atoms in total. The molecule has 0 radical (unpaired) electrons. The normalized spacial score (nSPS) is 20.2. The Bertz CT molecular complexity index is 1190. The highest BCUT2D eigenvalue weighted by molar-refractivity contribution is 5.97. The van der Waals surface area contributed by atoms with Gasteiger partial charge in [-0.25, -0.2) is 0 Å². The molecule has 2 atom stereocenters. The fraction of sp³-hybridized carbons (Fsp3) is 0.385. The maximum Gasteiger partial charge on any atom is 0.246 e. The van der Waals surface area contributed by atoms with Crippen LogP contribution in [0.1, 0.15) is 36.2 Å². The van der Waals surface area contributed by atoms with E-state index in [4.69, 9.17) is 9.47 Å². The Kier molecular flexibility index (Phi) is 5.81. The topological polar surface area (TPSA) is 74.9 Å². The zero-order chi connectivity index (χ0) is 22.9. The predicted molar refractivity (Wildman–Crippen MR) is 125 cm³/mol. The third-order valence-electron chi connectivity index (χ3n) is 6.63. The summed E-state index contributed by atoms with van der Waals surface area (Å²) in [5.74, 6) is 0.691. The summed E-state index contributed by atoms with van der Waals surface area (Å²) in [4.78, 5) is 34.2. The second-order valence-electron chi connectivity index (χ2n) is 8.56. The SMILES string of the molecule is CCOc1ccccc1[C@@H]1c2[nH]c3ccccc3c2C[C@H]2C(=O)N(CCCOC)CC(=O)N12. The van der Waals surface area contributed by atoms with Crippen LogP contribution in [0.25, 0.3) is 10.9 Å². The minimum Gasteiger partial charge on any atom is -0.494 e. The van der Waals surface area contributed by atoms with Gasteiger partial charge in [0.1, 0.15) is 17.8 Å². The third-order valence-corrected chi connectivity index (χ3v) is 6.63. The van der Waals surface area contributed by atoms with Crippen molar-refractivity contribution in [3.8, 4) is 5.75 Å². The molecule has 3 aromatic rings. The molecule has 1 fully saturated rings. The van der Waals surface area contributed by atoms with Crippen LogP contribution in [0.2, 0.25) is 0 Å². The number of carbonyl (C=O) groups is 2. The summed E-state index contributed by atoms with van der Waals surface area (Å²) in [6.45, 7) is 3.63. The van der Waals surface area contributed by atoms with Gasteiger partial charge in [-0.1, -0.05) is 36.4 Å². The molecule has 5 rings (SSSR count). The van der Waals surface area contributed by atoms with E-state index in [2.05, 4.69) is 11.1 Å². The van der Waals surface area contributed by atoms with E-state index in [9.17, 15) is 9.59 Å². The number of amides is 2. The van der Waals surface area contributed by atoms with Crippen LogP contribution in [0.15, 0.2) is 48.5 Å². The van der Waals surface area contributed by atoms with E-state index in [0.717, 1.165) is 33.5 Å². The van der Waals surface area contributed by atoms with Gasteiger partial charge in [0, 0.05) is 48.8 Å². The molecule has 0 aliphatic carbocycles. The number of nitrogens with one attached hydrogen (secondary N) is 1. The van der Waals surface area contributed by atoms with Gasteiger partial charge in [0.25, 0.3) is 0 Å². The molecular formula is C26H29N3O4. The molecule has 2 aliphatic rings. The lowest BCUT2D eigenvalue weighted by Crippen LogP contribution is -2.63. The van der Waals surface area contributed by atoms with Gasteiger partial charge in [0.15, 0.2) is 0 Å². The van der Waals surface area contributed by atoms with Gasteiger partial charge in [-0.15, -0.1) is 0 Å². The van der Waals surface area contributed by atoms with Gasteiger partial charge in [0.05, 0.1) is 13.2 Å². The zero-order valence-corrected chi connectivity index (χ0v) is 19.0. The van der Waals surface area contributed by atoms with Crippen molar-refractivity contribution in [2.45, 2.75) is 31.8 Å². The monoisotopic (exact) mass is 447 g/mol. The number of benzene rings is 2. The van der Waals surface area contributed by atoms with E-state index in [1.54, 1.807) is 16.9 Å². The molecule has 0 spiro atoms. The number of rotatable bonds is 7. The van der Waals surface area contributed by atoms with Crippen molar-refractivity contribution in [3.05, 3.63) is 65.4 Å². The van der Waals surface area contributed by atoms with Crippen LogP contribution >= 0.6 is 0 Å². The highest BCUT2D eigenvalue weighted by atomic mass is 16.5. The van der Waals surface area contributed by atoms with Crippen molar-refractivity contribution < 1.29 is 19.1 Å². The lowest BCUT2D eigenvalue weighted by Gasteiger charge is -2.47. The number of carbonyl (C=O) groups excluding carboxylic acids is 2. The minimum atomic E-state index is -0.541. The first-order valence-corrected chi connectivity index (χ1v) is 11.5.